The Bertz CT molecular complexity index is 1490. The number of hydrogen-bond acceptors (Lipinski definition) is 6. The van der Waals surface area contributed by atoms with E-state index in [1.165, 1.54) is 26.0 Å². The quantitative estimate of drug-likeness (QED) is 0.224. The number of carbonyl (C=O) groups is 3. The lowest BCUT2D eigenvalue weighted by Crippen LogP contribution is -2.32. The van der Waals surface area contributed by atoms with E-state index in [1.54, 1.807) is 36.4 Å². The number of aromatic nitrogens is 1. The van der Waals surface area contributed by atoms with E-state index in [1.807, 2.05) is 42.5 Å². The van der Waals surface area contributed by atoms with Crippen LogP contribution in [0.3, 0.4) is 0 Å². The molecular formula is C33H29FN2O5. The third-order valence-electron chi connectivity index (χ3n) is 7.02. The molecule has 0 bridgehead atoms. The molecule has 0 saturated carbocycles. The number of benzene rings is 3. The average Bonchev–Trinajstić information content (AvgIpc) is 3.37. The van der Waals surface area contributed by atoms with Gasteiger partial charge in [-0.3, -0.25) is 19.4 Å². The average molecular weight is 553 g/mol. The molecule has 1 aromatic heterocycles. The van der Waals surface area contributed by atoms with Crippen LogP contribution in [-0.2, 0) is 14.4 Å². The number of carbonyl (C=O) groups excluding carboxylic acids is 3. The fourth-order valence-corrected chi connectivity index (χ4v) is 5.29. The second kappa shape index (κ2) is 12.1. The topological polar surface area (TPSA) is 94.6 Å². The molecule has 0 aliphatic carbocycles. The number of pyridine rings is 1. The van der Waals surface area contributed by atoms with Crippen molar-refractivity contribution in [3.8, 4) is 11.5 Å². The predicted octanol–water partition coefficient (Wildman–Crippen LogP) is 5.66. The Morgan fingerprint density at radius 2 is 1.29 bits per heavy atom. The largest absolute Gasteiger partial charge is 0.427 e. The molecule has 208 valence electrons. The summed E-state index contributed by atoms with van der Waals surface area (Å²) in [4.78, 5) is 40.1. The van der Waals surface area contributed by atoms with Crippen molar-refractivity contribution in [2.75, 3.05) is 0 Å². The highest BCUT2D eigenvalue weighted by atomic mass is 19.1. The van der Waals surface area contributed by atoms with Crippen LogP contribution in [0.15, 0.2) is 91.0 Å². The van der Waals surface area contributed by atoms with Crippen LogP contribution in [-0.4, -0.2) is 28.9 Å². The van der Waals surface area contributed by atoms with Crippen LogP contribution in [0.2, 0.25) is 0 Å². The van der Waals surface area contributed by atoms with Gasteiger partial charge in [0.1, 0.15) is 17.3 Å². The van der Waals surface area contributed by atoms with Gasteiger partial charge in [-0.2, -0.15) is 0 Å². The first-order chi connectivity index (χ1) is 19.8. The third kappa shape index (κ3) is 6.66. The molecule has 1 N–H and O–H groups in total. The van der Waals surface area contributed by atoms with E-state index in [2.05, 4.69) is 5.32 Å². The van der Waals surface area contributed by atoms with Crippen LogP contribution in [0.5, 0.6) is 11.5 Å². The van der Waals surface area contributed by atoms with Gasteiger partial charge in [-0.05, 0) is 71.6 Å². The molecule has 0 radical (unpaired) electrons. The summed E-state index contributed by atoms with van der Waals surface area (Å²) in [7, 11) is 0. The number of esters is 2. The first kappa shape index (κ1) is 27.7. The zero-order chi connectivity index (χ0) is 28.9. The molecule has 4 aromatic rings. The lowest BCUT2D eigenvalue weighted by atomic mass is 9.85. The van der Waals surface area contributed by atoms with Crippen LogP contribution in [0.1, 0.15) is 66.6 Å². The molecule has 3 aromatic carbocycles. The van der Waals surface area contributed by atoms with Crippen LogP contribution in [0.25, 0.3) is 0 Å². The standard InChI is InChI=1S/C33H29FN2O5/c1-20(37)40-26-14-8-22(9-15-26)32(23-10-16-27(17-11-23)41-21(2)38)28-4-3-5-29(35-28)33(30-18-19-31(39)36-30)24-6-12-25(34)13-7-24/h3-17,30,32-33H,18-19H2,1-2H3,(H,36,39)/t30-,33+/m1/s1. The minimum Gasteiger partial charge on any atom is -0.427 e. The minimum absolute atomic E-state index is 0.0168. The van der Waals surface area contributed by atoms with Gasteiger partial charge in [-0.1, -0.05) is 42.5 Å². The summed E-state index contributed by atoms with van der Waals surface area (Å²) >= 11 is 0. The summed E-state index contributed by atoms with van der Waals surface area (Å²) in [6.45, 7) is 2.70. The Morgan fingerprint density at radius 3 is 1.78 bits per heavy atom. The monoisotopic (exact) mass is 552 g/mol. The number of hydrogen-bond donors (Lipinski definition) is 1. The van der Waals surface area contributed by atoms with Crippen molar-refractivity contribution < 1.29 is 28.2 Å². The van der Waals surface area contributed by atoms with Crippen molar-refractivity contribution in [2.24, 2.45) is 0 Å². The Kier molecular flexibility index (Phi) is 8.19. The van der Waals surface area contributed by atoms with Crippen LogP contribution < -0.4 is 14.8 Å². The Labute approximate surface area is 237 Å². The van der Waals surface area contributed by atoms with E-state index in [0.29, 0.717) is 24.3 Å². The first-order valence-corrected chi connectivity index (χ1v) is 13.4. The maximum atomic E-state index is 13.8. The van der Waals surface area contributed by atoms with Gasteiger partial charge < -0.3 is 14.8 Å². The molecule has 1 amide bonds. The third-order valence-corrected chi connectivity index (χ3v) is 7.02. The second-order valence-corrected chi connectivity index (χ2v) is 9.99. The molecule has 5 rings (SSSR count). The molecule has 7 nitrogen and oxygen atoms in total. The number of nitrogens with one attached hydrogen (secondary N) is 1. The Hall–Kier alpha value is -4.85. The van der Waals surface area contributed by atoms with Gasteiger partial charge in [0.05, 0.1) is 17.3 Å². The summed E-state index contributed by atoms with van der Waals surface area (Å²) < 4.78 is 24.2. The lowest BCUT2D eigenvalue weighted by Gasteiger charge is -2.26. The van der Waals surface area contributed by atoms with Crippen LogP contribution >= 0.6 is 0 Å². The zero-order valence-electron chi connectivity index (χ0n) is 22.7. The van der Waals surface area contributed by atoms with E-state index >= 15 is 0 Å². The summed E-state index contributed by atoms with van der Waals surface area (Å²) in [6, 6.07) is 26.4. The molecule has 1 fully saturated rings. The van der Waals surface area contributed by atoms with Crippen molar-refractivity contribution in [3.05, 3.63) is 125 Å². The second-order valence-electron chi connectivity index (χ2n) is 9.99. The van der Waals surface area contributed by atoms with Crippen LogP contribution in [0.4, 0.5) is 4.39 Å². The molecule has 1 saturated heterocycles. The Balaban J connectivity index is 1.58. The number of ether oxygens (including phenoxy) is 2. The number of halogens is 1. The highest BCUT2D eigenvalue weighted by Crippen LogP contribution is 2.36. The van der Waals surface area contributed by atoms with Crippen molar-refractivity contribution in [2.45, 2.75) is 44.6 Å². The number of amides is 1. The van der Waals surface area contributed by atoms with Crippen molar-refractivity contribution >= 4 is 17.8 Å². The van der Waals surface area contributed by atoms with Gasteiger partial charge in [0.15, 0.2) is 0 Å². The first-order valence-electron chi connectivity index (χ1n) is 13.4. The fraction of sp³-hybridized carbons (Fsp3) is 0.212. The Morgan fingerprint density at radius 1 is 0.780 bits per heavy atom. The minimum atomic E-state index is -0.407. The van der Waals surface area contributed by atoms with E-state index < -0.39 is 11.9 Å². The highest BCUT2D eigenvalue weighted by molar-refractivity contribution is 5.78. The lowest BCUT2D eigenvalue weighted by molar-refractivity contribution is -0.132. The van der Waals surface area contributed by atoms with Crippen molar-refractivity contribution in [1.82, 2.24) is 10.3 Å². The summed E-state index contributed by atoms with van der Waals surface area (Å²) in [5.41, 5.74) is 4.16. The van der Waals surface area contributed by atoms with Gasteiger partial charge >= 0.3 is 11.9 Å². The molecule has 0 unspecified atom stereocenters. The molecule has 0 spiro atoms. The number of rotatable bonds is 8. The zero-order valence-corrected chi connectivity index (χ0v) is 22.7. The van der Waals surface area contributed by atoms with Gasteiger partial charge in [0.2, 0.25) is 5.91 Å². The highest BCUT2D eigenvalue weighted by Gasteiger charge is 2.32. The molecule has 2 atom stereocenters. The maximum Gasteiger partial charge on any atom is 0.308 e. The summed E-state index contributed by atoms with van der Waals surface area (Å²) in [6.07, 6.45) is 1.07. The summed E-state index contributed by atoms with van der Waals surface area (Å²) in [5.74, 6) is -0.900. The predicted molar refractivity (Wildman–Crippen MR) is 150 cm³/mol. The van der Waals surface area contributed by atoms with Gasteiger partial charge in [-0.15, -0.1) is 0 Å². The maximum absolute atomic E-state index is 13.8. The molecule has 1 aliphatic heterocycles. The number of nitrogens with zero attached hydrogens (tertiary/aromatic N) is 1. The van der Waals surface area contributed by atoms with E-state index in [0.717, 1.165) is 28.1 Å². The van der Waals surface area contributed by atoms with E-state index in [-0.39, 0.29) is 29.6 Å². The molecular weight excluding hydrogens is 523 g/mol. The summed E-state index contributed by atoms with van der Waals surface area (Å²) in [5, 5.41) is 3.07. The van der Waals surface area contributed by atoms with Crippen molar-refractivity contribution in [3.63, 3.8) is 0 Å². The van der Waals surface area contributed by atoms with Gasteiger partial charge in [0.25, 0.3) is 0 Å². The fourth-order valence-electron chi connectivity index (χ4n) is 5.29. The van der Waals surface area contributed by atoms with Crippen molar-refractivity contribution in [1.29, 1.82) is 0 Å². The molecule has 2 heterocycles. The molecule has 41 heavy (non-hydrogen) atoms. The normalized spacial score (nSPS) is 15.3. The smallest absolute Gasteiger partial charge is 0.308 e. The SMILES string of the molecule is CC(=O)Oc1ccc(C(c2ccc(OC(C)=O)cc2)c2cccc([C@H](c3ccc(F)cc3)[C@H]3CCC(=O)N3)n2)cc1. The molecule has 1 aliphatic rings. The van der Waals surface area contributed by atoms with Gasteiger partial charge in [-0.25, -0.2) is 4.39 Å². The van der Waals surface area contributed by atoms with Gasteiger partial charge in [0, 0.05) is 32.2 Å². The van der Waals surface area contributed by atoms with Crippen LogP contribution in [0, 0.1) is 5.82 Å². The molecule has 8 heteroatoms. The van der Waals surface area contributed by atoms with E-state index in [9.17, 15) is 18.8 Å². The van der Waals surface area contributed by atoms with E-state index in [4.69, 9.17) is 14.5 Å².